The summed E-state index contributed by atoms with van der Waals surface area (Å²) < 4.78 is 18.7. The Bertz CT molecular complexity index is 694. The van der Waals surface area contributed by atoms with E-state index in [9.17, 15) is 19.4 Å². The number of carbonyl (C=O) groups excluding carboxylic acids is 1. The minimum Gasteiger partial charge on any atom is -0.504 e. The van der Waals surface area contributed by atoms with Crippen molar-refractivity contribution in [3.8, 4) is 23.0 Å². The molecule has 1 heterocycles. The summed E-state index contributed by atoms with van der Waals surface area (Å²) in [4.78, 5) is 12.0. The van der Waals surface area contributed by atoms with Crippen LogP contribution >= 0.6 is 0 Å². The van der Waals surface area contributed by atoms with Gasteiger partial charge in [-0.25, -0.2) is 4.39 Å². The van der Waals surface area contributed by atoms with Crippen LogP contribution in [-0.4, -0.2) is 16.0 Å². The fourth-order valence-electron chi connectivity index (χ4n) is 2.03. The monoisotopic (exact) mass is 260 g/mol. The van der Waals surface area contributed by atoms with Gasteiger partial charge in [0.25, 0.3) is 0 Å². The Morgan fingerprint density at radius 2 is 1.79 bits per heavy atom. The maximum absolute atomic E-state index is 13.2. The van der Waals surface area contributed by atoms with E-state index in [1.54, 1.807) is 0 Å². The molecule has 0 atom stereocenters. The number of hydrogen-bond donors (Lipinski definition) is 2. The molecule has 4 nitrogen and oxygen atoms in total. The lowest BCUT2D eigenvalue weighted by atomic mass is 10.0. The third kappa shape index (κ3) is 1.89. The molecule has 0 unspecified atom stereocenters. The molecule has 1 aliphatic rings. The summed E-state index contributed by atoms with van der Waals surface area (Å²) in [5.74, 6) is -1.03. The standard InChI is InChI=1S/C14H9FO4/c15-8-1-2-13-7(3-8)4-10(16)9-5-11(17)12(18)6-14(9)19-13/h1-3,5-6,17-18H,4H2. The average Bonchev–Trinajstić information content (AvgIpc) is 2.47. The zero-order valence-electron chi connectivity index (χ0n) is 9.68. The number of rotatable bonds is 0. The van der Waals surface area contributed by atoms with Crippen LogP contribution in [0.3, 0.4) is 0 Å². The molecule has 0 bridgehead atoms. The van der Waals surface area contributed by atoms with Gasteiger partial charge in [0.05, 0.1) is 5.56 Å². The van der Waals surface area contributed by atoms with Crippen molar-refractivity contribution in [3.63, 3.8) is 0 Å². The second kappa shape index (κ2) is 3.98. The number of carbonyl (C=O) groups is 1. The molecule has 0 aliphatic carbocycles. The summed E-state index contributed by atoms with van der Waals surface area (Å²) in [5.41, 5.74) is 0.590. The molecule has 96 valence electrons. The Kier molecular flexibility index (Phi) is 2.41. The van der Waals surface area contributed by atoms with Crippen molar-refractivity contribution < 1.29 is 24.1 Å². The summed E-state index contributed by atoms with van der Waals surface area (Å²) in [7, 11) is 0. The number of halogens is 1. The molecular weight excluding hydrogens is 251 g/mol. The van der Waals surface area contributed by atoms with E-state index >= 15 is 0 Å². The van der Waals surface area contributed by atoms with Gasteiger partial charge in [0.2, 0.25) is 0 Å². The molecule has 2 aromatic carbocycles. The van der Waals surface area contributed by atoms with Gasteiger partial charge in [-0.2, -0.15) is 0 Å². The van der Waals surface area contributed by atoms with Gasteiger partial charge in [-0.15, -0.1) is 0 Å². The third-order valence-electron chi connectivity index (χ3n) is 2.97. The highest BCUT2D eigenvalue weighted by Crippen LogP contribution is 2.39. The van der Waals surface area contributed by atoms with E-state index in [1.807, 2.05) is 0 Å². The fraction of sp³-hybridized carbons (Fsp3) is 0.0714. The Labute approximate surface area is 107 Å². The van der Waals surface area contributed by atoms with E-state index in [4.69, 9.17) is 4.74 Å². The Morgan fingerprint density at radius 1 is 1.05 bits per heavy atom. The predicted octanol–water partition coefficient (Wildman–Crippen LogP) is 2.77. The van der Waals surface area contributed by atoms with Crippen molar-refractivity contribution >= 4 is 5.78 Å². The maximum atomic E-state index is 13.2. The molecule has 2 aromatic rings. The molecular formula is C14H9FO4. The number of phenols is 2. The number of phenolic OH excluding ortho intramolecular Hbond substituents is 2. The highest BCUT2D eigenvalue weighted by Gasteiger charge is 2.23. The molecule has 0 amide bonds. The average molecular weight is 260 g/mol. The van der Waals surface area contributed by atoms with Gasteiger partial charge in [-0.1, -0.05) is 0 Å². The van der Waals surface area contributed by atoms with Crippen molar-refractivity contribution in [1.82, 2.24) is 0 Å². The quantitative estimate of drug-likeness (QED) is 0.715. The minimum atomic E-state index is -0.452. The first-order valence-electron chi connectivity index (χ1n) is 5.60. The minimum absolute atomic E-state index is 0.0235. The first-order chi connectivity index (χ1) is 9.04. The van der Waals surface area contributed by atoms with Crippen LogP contribution in [0.5, 0.6) is 23.0 Å². The second-order valence-electron chi connectivity index (χ2n) is 4.29. The lowest BCUT2D eigenvalue weighted by Gasteiger charge is -2.09. The molecule has 2 N–H and O–H groups in total. The largest absolute Gasteiger partial charge is 0.504 e. The fourth-order valence-corrected chi connectivity index (χ4v) is 2.03. The van der Waals surface area contributed by atoms with Crippen LogP contribution < -0.4 is 4.74 Å². The van der Waals surface area contributed by atoms with Gasteiger partial charge in [0, 0.05) is 18.1 Å². The highest BCUT2D eigenvalue weighted by atomic mass is 19.1. The topological polar surface area (TPSA) is 66.8 Å². The number of fused-ring (bicyclic) bond motifs is 2. The number of benzene rings is 2. The van der Waals surface area contributed by atoms with Gasteiger partial charge in [-0.3, -0.25) is 4.79 Å². The zero-order valence-corrected chi connectivity index (χ0v) is 9.68. The van der Waals surface area contributed by atoms with Crippen LogP contribution in [-0.2, 0) is 6.42 Å². The van der Waals surface area contributed by atoms with E-state index in [0.29, 0.717) is 11.3 Å². The molecule has 0 spiro atoms. The lowest BCUT2D eigenvalue weighted by molar-refractivity contribution is 0.0993. The summed E-state index contributed by atoms with van der Waals surface area (Å²) in [6.45, 7) is 0. The molecule has 0 saturated heterocycles. The first-order valence-corrected chi connectivity index (χ1v) is 5.60. The third-order valence-corrected chi connectivity index (χ3v) is 2.97. The highest BCUT2D eigenvalue weighted by molar-refractivity contribution is 6.01. The van der Waals surface area contributed by atoms with Crippen LogP contribution in [0.4, 0.5) is 4.39 Å². The van der Waals surface area contributed by atoms with Crippen LogP contribution in [0.1, 0.15) is 15.9 Å². The number of ether oxygens (including phenoxy) is 1. The molecule has 0 radical (unpaired) electrons. The number of hydrogen-bond acceptors (Lipinski definition) is 4. The zero-order chi connectivity index (χ0) is 13.6. The lowest BCUT2D eigenvalue weighted by Crippen LogP contribution is -2.01. The molecule has 3 rings (SSSR count). The van der Waals surface area contributed by atoms with Gasteiger partial charge in [0.1, 0.15) is 17.3 Å². The second-order valence-corrected chi connectivity index (χ2v) is 4.29. The predicted molar refractivity (Wildman–Crippen MR) is 64.3 cm³/mol. The summed E-state index contributed by atoms with van der Waals surface area (Å²) >= 11 is 0. The molecule has 1 aliphatic heterocycles. The van der Waals surface area contributed by atoms with E-state index in [0.717, 1.165) is 6.07 Å². The molecule has 0 aromatic heterocycles. The normalized spacial score (nSPS) is 13.2. The van der Waals surface area contributed by atoms with Crippen molar-refractivity contribution in [3.05, 3.63) is 47.3 Å². The van der Waals surface area contributed by atoms with Crippen LogP contribution in [0.15, 0.2) is 30.3 Å². The Balaban J connectivity index is 2.18. The van der Waals surface area contributed by atoms with E-state index in [-0.39, 0.29) is 29.3 Å². The van der Waals surface area contributed by atoms with Crippen LogP contribution in [0.25, 0.3) is 0 Å². The number of aromatic hydroxyl groups is 2. The molecule has 19 heavy (non-hydrogen) atoms. The number of Topliss-reactive ketones (excluding diaryl/α,β-unsaturated/α-hetero) is 1. The Hall–Kier alpha value is -2.56. The molecule has 0 fully saturated rings. The SMILES string of the molecule is O=C1Cc2cc(F)ccc2Oc2cc(O)c(O)cc21. The Morgan fingerprint density at radius 3 is 2.58 bits per heavy atom. The first kappa shape index (κ1) is 11.5. The maximum Gasteiger partial charge on any atom is 0.171 e. The summed E-state index contributed by atoms with van der Waals surface area (Å²) in [6.07, 6.45) is -0.0235. The van der Waals surface area contributed by atoms with Crippen molar-refractivity contribution in [1.29, 1.82) is 0 Å². The van der Waals surface area contributed by atoms with Gasteiger partial charge >= 0.3 is 0 Å². The van der Waals surface area contributed by atoms with Crippen molar-refractivity contribution in [2.75, 3.05) is 0 Å². The van der Waals surface area contributed by atoms with Gasteiger partial charge < -0.3 is 14.9 Å². The van der Waals surface area contributed by atoms with Gasteiger partial charge in [-0.05, 0) is 24.3 Å². The van der Waals surface area contributed by atoms with Crippen molar-refractivity contribution in [2.24, 2.45) is 0 Å². The summed E-state index contributed by atoms with van der Waals surface area (Å²) in [6, 6.07) is 6.21. The molecule has 5 heteroatoms. The van der Waals surface area contributed by atoms with E-state index in [1.165, 1.54) is 24.3 Å². The summed E-state index contributed by atoms with van der Waals surface area (Å²) in [5, 5.41) is 18.9. The smallest absolute Gasteiger partial charge is 0.171 e. The van der Waals surface area contributed by atoms with Crippen LogP contribution in [0.2, 0.25) is 0 Å². The van der Waals surface area contributed by atoms with Crippen molar-refractivity contribution in [2.45, 2.75) is 6.42 Å². The van der Waals surface area contributed by atoms with Crippen LogP contribution in [0, 0.1) is 5.82 Å². The molecule has 0 saturated carbocycles. The van der Waals surface area contributed by atoms with E-state index in [2.05, 4.69) is 0 Å². The van der Waals surface area contributed by atoms with E-state index < -0.39 is 11.6 Å². The van der Waals surface area contributed by atoms with Gasteiger partial charge in [0.15, 0.2) is 17.3 Å². The number of ketones is 1.